The van der Waals surface area contributed by atoms with Gasteiger partial charge in [0.15, 0.2) is 12.5 Å². The summed E-state index contributed by atoms with van der Waals surface area (Å²) < 4.78 is 4.84. The SMILES string of the molecule is CNC(OC)N(C)C#N. The minimum atomic E-state index is -0.310. The maximum atomic E-state index is 8.32. The molecule has 0 bridgehead atoms. The van der Waals surface area contributed by atoms with E-state index in [1.807, 2.05) is 6.19 Å². The van der Waals surface area contributed by atoms with Crippen LogP contribution in [0.25, 0.3) is 0 Å². The van der Waals surface area contributed by atoms with Crippen molar-refractivity contribution in [3.8, 4) is 6.19 Å². The third-order valence-corrected chi connectivity index (χ3v) is 0.980. The second-order valence-corrected chi connectivity index (χ2v) is 1.59. The van der Waals surface area contributed by atoms with E-state index in [0.717, 1.165) is 0 Å². The van der Waals surface area contributed by atoms with Gasteiger partial charge in [-0.15, -0.1) is 0 Å². The van der Waals surface area contributed by atoms with Gasteiger partial charge in [0, 0.05) is 14.2 Å². The lowest BCUT2D eigenvalue weighted by atomic mass is 10.8. The standard InChI is InChI=1S/C5H11N3O/c1-7-5(9-3)8(2)4-6/h5,7H,1-3H3. The zero-order chi connectivity index (χ0) is 7.28. The third-order valence-electron chi connectivity index (χ3n) is 0.980. The molecular formula is C5H11N3O. The van der Waals surface area contributed by atoms with Gasteiger partial charge in [-0.2, -0.15) is 5.26 Å². The highest BCUT2D eigenvalue weighted by atomic mass is 16.5. The first kappa shape index (κ1) is 8.21. The summed E-state index contributed by atoms with van der Waals surface area (Å²) in [7, 11) is 4.90. The van der Waals surface area contributed by atoms with Crippen LogP contribution in [0.15, 0.2) is 0 Å². The van der Waals surface area contributed by atoms with Crippen LogP contribution >= 0.6 is 0 Å². The molecule has 0 fully saturated rings. The van der Waals surface area contributed by atoms with E-state index >= 15 is 0 Å². The van der Waals surface area contributed by atoms with Gasteiger partial charge in [-0.05, 0) is 7.05 Å². The molecule has 0 aliphatic heterocycles. The summed E-state index contributed by atoms with van der Waals surface area (Å²) in [5, 5.41) is 11.1. The Bertz CT molecular complexity index is 105. The molecule has 0 amide bonds. The van der Waals surface area contributed by atoms with Crippen LogP contribution < -0.4 is 5.32 Å². The van der Waals surface area contributed by atoms with Gasteiger partial charge in [0.2, 0.25) is 0 Å². The van der Waals surface area contributed by atoms with Crippen molar-refractivity contribution in [2.24, 2.45) is 0 Å². The van der Waals surface area contributed by atoms with Crippen molar-refractivity contribution in [1.29, 1.82) is 5.26 Å². The molecule has 0 aromatic carbocycles. The van der Waals surface area contributed by atoms with Gasteiger partial charge in [-0.1, -0.05) is 0 Å². The van der Waals surface area contributed by atoms with Crippen molar-refractivity contribution in [1.82, 2.24) is 10.2 Å². The van der Waals surface area contributed by atoms with Gasteiger partial charge in [-0.25, -0.2) is 0 Å². The topological polar surface area (TPSA) is 48.3 Å². The largest absolute Gasteiger partial charge is 0.348 e. The maximum Gasteiger partial charge on any atom is 0.194 e. The molecule has 0 saturated carbocycles. The quantitative estimate of drug-likeness (QED) is 0.318. The van der Waals surface area contributed by atoms with E-state index < -0.39 is 0 Å². The number of nitrogens with one attached hydrogen (secondary N) is 1. The summed E-state index contributed by atoms with van der Waals surface area (Å²) in [5.74, 6) is 0. The average molecular weight is 129 g/mol. The lowest BCUT2D eigenvalue weighted by Gasteiger charge is -2.19. The molecule has 0 radical (unpaired) electrons. The lowest BCUT2D eigenvalue weighted by molar-refractivity contribution is -0.00760. The van der Waals surface area contributed by atoms with Gasteiger partial charge in [-0.3, -0.25) is 10.2 Å². The predicted molar refractivity (Wildman–Crippen MR) is 33.2 cm³/mol. The molecule has 9 heavy (non-hydrogen) atoms. The van der Waals surface area contributed by atoms with E-state index in [1.165, 1.54) is 12.0 Å². The molecule has 0 aromatic rings. The van der Waals surface area contributed by atoms with Gasteiger partial charge in [0.25, 0.3) is 0 Å². The number of nitrogens with zero attached hydrogens (tertiary/aromatic N) is 2. The fraction of sp³-hybridized carbons (Fsp3) is 0.800. The van der Waals surface area contributed by atoms with E-state index in [-0.39, 0.29) is 6.35 Å². The highest BCUT2D eigenvalue weighted by Gasteiger charge is 2.06. The fourth-order valence-corrected chi connectivity index (χ4v) is 0.522. The molecule has 1 N–H and O–H groups in total. The first-order valence-corrected chi connectivity index (χ1v) is 2.59. The Hall–Kier alpha value is -0.790. The van der Waals surface area contributed by atoms with E-state index in [2.05, 4.69) is 5.32 Å². The molecule has 4 nitrogen and oxygen atoms in total. The minimum absolute atomic E-state index is 0.310. The number of nitriles is 1. The Labute approximate surface area is 55.0 Å². The Balaban J connectivity index is 3.67. The molecule has 0 saturated heterocycles. The van der Waals surface area contributed by atoms with Gasteiger partial charge >= 0.3 is 0 Å². The normalized spacial score (nSPS) is 12.2. The second kappa shape index (κ2) is 4.13. The van der Waals surface area contributed by atoms with Crippen molar-refractivity contribution in [3.05, 3.63) is 0 Å². The zero-order valence-corrected chi connectivity index (χ0v) is 5.88. The fourth-order valence-electron chi connectivity index (χ4n) is 0.522. The molecule has 52 valence electrons. The van der Waals surface area contributed by atoms with Crippen LogP contribution in [0, 0.1) is 11.5 Å². The third kappa shape index (κ3) is 2.31. The molecule has 1 unspecified atom stereocenters. The number of hydrogen-bond acceptors (Lipinski definition) is 4. The first-order valence-electron chi connectivity index (χ1n) is 2.59. The zero-order valence-electron chi connectivity index (χ0n) is 5.88. The molecule has 0 heterocycles. The molecule has 0 aliphatic carbocycles. The summed E-state index contributed by atoms with van der Waals surface area (Å²) in [6, 6.07) is 0. The number of rotatable bonds is 3. The van der Waals surface area contributed by atoms with E-state index in [1.54, 1.807) is 14.1 Å². The van der Waals surface area contributed by atoms with Crippen LogP contribution in [0.5, 0.6) is 0 Å². The summed E-state index contributed by atoms with van der Waals surface area (Å²) in [6.07, 6.45) is 1.60. The summed E-state index contributed by atoms with van der Waals surface area (Å²) in [5.41, 5.74) is 0. The number of hydrogen-bond donors (Lipinski definition) is 1. The molecule has 0 aromatic heterocycles. The molecule has 0 aliphatic rings. The molecule has 0 rings (SSSR count). The van der Waals surface area contributed by atoms with Gasteiger partial charge < -0.3 is 4.74 Å². The smallest absolute Gasteiger partial charge is 0.194 e. The second-order valence-electron chi connectivity index (χ2n) is 1.59. The molecular weight excluding hydrogens is 118 g/mol. The number of ether oxygens (including phenoxy) is 1. The van der Waals surface area contributed by atoms with Crippen LogP contribution in [0.3, 0.4) is 0 Å². The highest BCUT2D eigenvalue weighted by Crippen LogP contribution is 1.87. The van der Waals surface area contributed by atoms with Crippen molar-refractivity contribution < 1.29 is 4.74 Å². The van der Waals surface area contributed by atoms with Crippen molar-refractivity contribution in [2.75, 3.05) is 21.2 Å². The van der Waals surface area contributed by atoms with Crippen LogP contribution in [0.2, 0.25) is 0 Å². The Kier molecular flexibility index (Phi) is 3.76. The summed E-state index contributed by atoms with van der Waals surface area (Å²) >= 11 is 0. The van der Waals surface area contributed by atoms with Gasteiger partial charge in [0.05, 0.1) is 0 Å². The Morgan fingerprint density at radius 2 is 2.33 bits per heavy atom. The molecule has 0 spiro atoms. The monoisotopic (exact) mass is 129 g/mol. The summed E-state index contributed by atoms with van der Waals surface area (Å²) in [4.78, 5) is 1.38. The van der Waals surface area contributed by atoms with Crippen LogP contribution in [-0.2, 0) is 4.74 Å². The minimum Gasteiger partial charge on any atom is -0.348 e. The maximum absolute atomic E-state index is 8.32. The Morgan fingerprint density at radius 3 is 2.44 bits per heavy atom. The Morgan fingerprint density at radius 1 is 1.78 bits per heavy atom. The first-order chi connectivity index (χ1) is 4.26. The van der Waals surface area contributed by atoms with Crippen molar-refractivity contribution in [3.63, 3.8) is 0 Å². The predicted octanol–water partition coefficient (Wildman–Crippen LogP) is -0.451. The van der Waals surface area contributed by atoms with E-state index in [4.69, 9.17) is 10.00 Å². The van der Waals surface area contributed by atoms with Crippen LogP contribution in [0.1, 0.15) is 0 Å². The number of methoxy groups -OCH3 is 1. The molecule has 1 atom stereocenters. The lowest BCUT2D eigenvalue weighted by Crippen LogP contribution is -2.40. The van der Waals surface area contributed by atoms with E-state index in [9.17, 15) is 0 Å². The molecule has 4 heteroatoms. The van der Waals surface area contributed by atoms with Gasteiger partial charge in [0.1, 0.15) is 0 Å². The van der Waals surface area contributed by atoms with Crippen molar-refractivity contribution in [2.45, 2.75) is 6.35 Å². The average Bonchev–Trinajstić information content (AvgIpc) is 1.90. The highest BCUT2D eigenvalue weighted by molar-refractivity contribution is 4.69. The van der Waals surface area contributed by atoms with Crippen molar-refractivity contribution >= 4 is 0 Å². The van der Waals surface area contributed by atoms with Crippen LogP contribution in [-0.4, -0.2) is 32.5 Å². The van der Waals surface area contributed by atoms with E-state index in [0.29, 0.717) is 0 Å². The van der Waals surface area contributed by atoms with Crippen LogP contribution in [0.4, 0.5) is 0 Å². The summed E-state index contributed by atoms with van der Waals surface area (Å²) in [6.45, 7) is 0.